The van der Waals surface area contributed by atoms with Crippen LogP contribution in [0.2, 0.25) is 0 Å². The first-order chi connectivity index (χ1) is 11.9. The third kappa shape index (κ3) is 3.74. The maximum Gasteiger partial charge on any atom is 0.243 e. The van der Waals surface area contributed by atoms with Crippen LogP contribution in [0.4, 0.5) is 4.39 Å². The fourth-order valence-corrected chi connectivity index (χ4v) is 4.04. The van der Waals surface area contributed by atoms with Gasteiger partial charge in [-0.15, -0.1) is 0 Å². The van der Waals surface area contributed by atoms with Crippen LogP contribution in [0, 0.1) is 12.7 Å². The maximum atomic E-state index is 13.9. The van der Waals surface area contributed by atoms with E-state index >= 15 is 0 Å². The molecule has 0 radical (unpaired) electrons. The molecule has 2 heterocycles. The van der Waals surface area contributed by atoms with E-state index in [2.05, 4.69) is 4.98 Å². The summed E-state index contributed by atoms with van der Waals surface area (Å²) in [5.74, 6) is 0.00416. The first-order valence-electron chi connectivity index (χ1n) is 7.92. The number of ether oxygens (including phenoxy) is 2. The molecule has 3 rings (SSSR count). The molecule has 1 fully saturated rings. The van der Waals surface area contributed by atoms with Crippen molar-refractivity contribution in [1.29, 1.82) is 0 Å². The van der Waals surface area contributed by atoms with Crippen molar-refractivity contribution >= 4 is 10.0 Å². The molecule has 0 bridgehead atoms. The number of hydrogen-bond donors (Lipinski definition) is 0. The number of halogens is 1. The van der Waals surface area contributed by atoms with Gasteiger partial charge in [0, 0.05) is 18.0 Å². The van der Waals surface area contributed by atoms with Crippen molar-refractivity contribution in [2.45, 2.75) is 24.8 Å². The van der Waals surface area contributed by atoms with Crippen LogP contribution >= 0.6 is 0 Å². The molecule has 0 saturated carbocycles. The predicted octanol–water partition coefficient (Wildman–Crippen LogP) is 2.38. The van der Waals surface area contributed by atoms with Crippen molar-refractivity contribution in [3.05, 3.63) is 48.0 Å². The lowest BCUT2D eigenvalue weighted by Crippen LogP contribution is -2.55. The summed E-state index contributed by atoms with van der Waals surface area (Å²) in [6, 6.07) is 7.19. The van der Waals surface area contributed by atoms with Crippen LogP contribution in [-0.2, 0) is 10.0 Å². The van der Waals surface area contributed by atoms with Crippen molar-refractivity contribution in [1.82, 2.24) is 9.29 Å². The number of sulfonamides is 1. The first kappa shape index (κ1) is 17.6. The van der Waals surface area contributed by atoms with Crippen LogP contribution in [0.1, 0.15) is 12.6 Å². The first-order valence-corrected chi connectivity index (χ1v) is 9.36. The molecule has 25 heavy (non-hydrogen) atoms. The summed E-state index contributed by atoms with van der Waals surface area (Å²) in [5, 5.41) is 0. The molecular formula is C17H19FN2O4S. The Kier molecular flexibility index (Phi) is 4.91. The molecule has 0 amide bonds. The van der Waals surface area contributed by atoms with Gasteiger partial charge in [-0.25, -0.2) is 12.8 Å². The number of benzene rings is 1. The molecule has 8 heteroatoms. The van der Waals surface area contributed by atoms with Crippen LogP contribution in [-0.4, -0.2) is 43.5 Å². The Morgan fingerprint density at radius 2 is 2.04 bits per heavy atom. The lowest BCUT2D eigenvalue weighted by atomic mass is 10.2. The minimum atomic E-state index is -3.74. The molecule has 0 N–H and O–H groups in total. The van der Waals surface area contributed by atoms with Gasteiger partial charge in [-0.05, 0) is 38.1 Å². The van der Waals surface area contributed by atoms with E-state index in [0.29, 0.717) is 12.4 Å². The molecule has 0 spiro atoms. The van der Waals surface area contributed by atoms with E-state index in [1.54, 1.807) is 25.3 Å². The molecule has 2 aromatic rings. The maximum absolute atomic E-state index is 13.9. The lowest BCUT2D eigenvalue weighted by Gasteiger charge is -2.37. The molecule has 1 aliphatic rings. The van der Waals surface area contributed by atoms with Gasteiger partial charge in [-0.3, -0.25) is 4.98 Å². The molecular weight excluding hydrogens is 347 g/mol. The highest BCUT2D eigenvalue weighted by Gasteiger charge is 2.38. The van der Waals surface area contributed by atoms with Crippen LogP contribution in [0.5, 0.6) is 11.5 Å². The zero-order valence-electron chi connectivity index (χ0n) is 14.0. The number of hydrogen-bond acceptors (Lipinski definition) is 5. The Morgan fingerprint density at radius 3 is 2.68 bits per heavy atom. The monoisotopic (exact) mass is 366 g/mol. The van der Waals surface area contributed by atoms with Crippen LogP contribution in [0.3, 0.4) is 0 Å². The molecule has 0 atom stereocenters. The molecule has 1 aromatic heterocycles. The zero-order valence-corrected chi connectivity index (χ0v) is 14.8. The molecule has 0 unspecified atom stereocenters. The summed E-state index contributed by atoms with van der Waals surface area (Å²) in [6.45, 7) is 4.33. The summed E-state index contributed by atoms with van der Waals surface area (Å²) < 4.78 is 51.1. The summed E-state index contributed by atoms with van der Waals surface area (Å²) in [6.07, 6.45) is 1.41. The van der Waals surface area contributed by atoms with Crippen LogP contribution < -0.4 is 9.47 Å². The van der Waals surface area contributed by atoms with Crippen molar-refractivity contribution < 1.29 is 22.3 Å². The van der Waals surface area contributed by atoms with E-state index in [4.69, 9.17) is 9.47 Å². The summed E-state index contributed by atoms with van der Waals surface area (Å²) in [7, 11) is -3.74. The normalized spacial score (nSPS) is 15.6. The van der Waals surface area contributed by atoms with Crippen molar-refractivity contribution in [2.75, 3.05) is 19.7 Å². The summed E-state index contributed by atoms with van der Waals surface area (Å²) >= 11 is 0. The Balaban J connectivity index is 1.66. The molecule has 1 aromatic carbocycles. The minimum Gasteiger partial charge on any atom is -0.491 e. The van der Waals surface area contributed by atoms with Gasteiger partial charge in [0.05, 0.1) is 24.6 Å². The number of pyridine rings is 1. The Labute approximate surface area is 146 Å². The average Bonchev–Trinajstić information content (AvgIpc) is 2.52. The fourth-order valence-electron chi connectivity index (χ4n) is 2.52. The molecule has 1 aliphatic heterocycles. The largest absolute Gasteiger partial charge is 0.491 e. The van der Waals surface area contributed by atoms with E-state index in [1.165, 1.54) is 16.4 Å². The van der Waals surface area contributed by atoms with E-state index < -0.39 is 15.8 Å². The number of aryl methyl sites for hydroxylation is 1. The average molecular weight is 366 g/mol. The van der Waals surface area contributed by atoms with Gasteiger partial charge in [0.2, 0.25) is 10.0 Å². The van der Waals surface area contributed by atoms with E-state index in [-0.39, 0.29) is 29.8 Å². The van der Waals surface area contributed by atoms with E-state index in [9.17, 15) is 12.8 Å². The van der Waals surface area contributed by atoms with E-state index in [0.717, 1.165) is 11.8 Å². The SMILES string of the molecule is CCOc1ccc(S(=O)(=O)N2CC(Oc3ccnc(C)c3)C2)cc1F. The Bertz CT molecular complexity index is 867. The minimum absolute atomic E-state index is 0.0410. The van der Waals surface area contributed by atoms with Crippen LogP contribution in [0.25, 0.3) is 0 Å². The Hall–Kier alpha value is -2.19. The topological polar surface area (TPSA) is 68.7 Å². The third-order valence-corrected chi connectivity index (χ3v) is 5.65. The van der Waals surface area contributed by atoms with Crippen molar-refractivity contribution in [3.8, 4) is 11.5 Å². The smallest absolute Gasteiger partial charge is 0.243 e. The fraction of sp³-hybridized carbons (Fsp3) is 0.353. The second-order valence-corrected chi connectivity index (χ2v) is 7.66. The summed E-state index contributed by atoms with van der Waals surface area (Å²) in [5.41, 5.74) is 0.825. The quantitative estimate of drug-likeness (QED) is 0.785. The number of aromatic nitrogens is 1. The van der Waals surface area contributed by atoms with Gasteiger partial charge in [-0.1, -0.05) is 0 Å². The van der Waals surface area contributed by atoms with Gasteiger partial charge in [0.1, 0.15) is 11.9 Å². The van der Waals surface area contributed by atoms with Crippen LogP contribution in [0.15, 0.2) is 41.4 Å². The van der Waals surface area contributed by atoms with Crippen molar-refractivity contribution in [3.63, 3.8) is 0 Å². The Morgan fingerprint density at radius 1 is 1.28 bits per heavy atom. The number of rotatable bonds is 6. The molecule has 6 nitrogen and oxygen atoms in total. The van der Waals surface area contributed by atoms with E-state index in [1.807, 2.05) is 6.92 Å². The zero-order chi connectivity index (χ0) is 18.0. The highest BCUT2D eigenvalue weighted by Crippen LogP contribution is 2.27. The van der Waals surface area contributed by atoms with Crippen molar-refractivity contribution in [2.24, 2.45) is 0 Å². The predicted molar refractivity (Wildman–Crippen MR) is 89.7 cm³/mol. The summed E-state index contributed by atoms with van der Waals surface area (Å²) in [4.78, 5) is 3.99. The van der Waals surface area contributed by atoms with Gasteiger partial charge < -0.3 is 9.47 Å². The highest BCUT2D eigenvalue weighted by atomic mass is 32.2. The lowest BCUT2D eigenvalue weighted by molar-refractivity contribution is 0.0760. The molecule has 1 saturated heterocycles. The second kappa shape index (κ2) is 6.97. The third-order valence-electron chi connectivity index (χ3n) is 3.83. The second-order valence-electron chi connectivity index (χ2n) is 5.72. The number of nitrogens with zero attached hydrogens (tertiary/aromatic N) is 2. The van der Waals surface area contributed by atoms with Gasteiger partial charge in [-0.2, -0.15) is 4.31 Å². The standard InChI is InChI=1S/C17H19FN2O4S/c1-3-23-17-5-4-15(9-16(17)18)25(21,22)20-10-14(11-20)24-13-6-7-19-12(2)8-13/h4-9,14H,3,10-11H2,1-2H3. The molecule has 134 valence electrons. The van der Waals surface area contributed by atoms with Gasteiger partial charge in [0.25, 0.3) is 0 Å². The van der Waals surface area contributed by atoms with Gasteiger partial charge >= 0.3 is 0 Å². The van der Waals surface area contributed by atoms with Gasteiger partial charge in [0.15, 0.2) is 11.6 Å². The highest BCUT2D eigenvalue weighted by molar-refractivity contribution is 7.89. The molecule has 0 aliphatic carbocycles.